The van der Waals surface area contributed by atoms with Crippen molar-refractivity contribution in [2.24, 2.45) is 0 Å². The van der Waals surface area contributed by atoms with Gasteiger partial charge in [0.1, 0.15) is 11.5 Å². The third kappa shape index (κ3) is 2.67. The van der Waals surface area contributed by atoms with Crippen molar-refractivity contribution in [1.29, 1.82) is 0 Å². The van der Waals surface area contributed by atoms with Crippen LogP contribution in [0.5, 0.6) is 5.75 Å². The second-order valence-corrected chi connectivity index (χ2v) is 5.15. The summed E-state index contributed by atoms with van der Waals surface area (Å²) in [6.07, 6.45) is 1.68. The highest BCUT2D eigenvalue weighted by Gasteiger charge is 2.17. The molecule has 2 unspecified atom stereocenters. The molecule has 0 amide bonds. The Kier molecular flexibility index (Phi) is 3.71. The minimum atomic E-state index is 0.0715. The lowest BCUT2D eigenvalue weighted by Gasteiger charge is -2.16. The van der Waals surface area contributed by atoms with E-state index < -0.39 is 0 Å². The average Bonchev–Trinajstić information content (AvgIpc) is 3.15. The summed E-state index contributed by atoms with van der Waals surface area (Å²) in [7, 11) is 1.65. The molecule has 2 aromatic heterocycles. The smallest absolute Gasteiger partial charge is 0.176 e. The van der Waals surface area contributed by atoms with Crippen LogP contribution in [0.25, 0.3) is 11.0 Å². The Labute approximate surface area is 123 Å². The summed E-state index contributed by atoms with van der Waals surface area (Å²) in [4.78, 5) is 0. The highest BCUT2D eigenvalue weighted by atomic mass is 16.5. The summed E-state index contributed by atoms with van der Waals surface area (Å²) >= 11 is 0. The molecule has 110 valence electrons. The first kappa shape index (κ1) is 13.8. The molecule has 0 bridgehead atoms. The summed E-state index contributed by atoms with van der Waals surface area (Å²) in [5.74, 6) is 2.55. The first-order valence-electron chi connectivity index (χ1n) is 7.05. The predicted molar refractivity (Wildman–Crippen MR) is 81.4 cm³/mol. The maximum absolute atomic E-state index is 5.95. The van der Waals surface area contributed by atoms with E-state index in [1.54, 1.807) is 13.4 Å². The van der Waals surface area contributed by atoms with E-state index in [0.29, 0.717) is 0 Å². The van der Waals surface area contributed by atoms with Gasteiger partial charge < -0.3 is 13.6 Å². The van der Waals surface area contributed by atoms with Crippen LogP contribution in [0.1, 0.15) is 37.5 Å². The van der Waals surface area contributed by atoms with E-state index >= 15 is 0 Å². The van der Waals surface area contributed by atoms with Crippen LogP contribution in [0.2, 0.25) is 0 Å². The van der Waals surface area contributed by atoms with Gasteiger partial charge in [-0.3, -0.25) is 5.32 Å². The molecule has 2 atom stereocenters. The molecule has 0 spiro atoms. The number of para-hydroxylation sites is 1. The third-order valence-electron chi connectivity index (χ3n) is 3.64. The number of ether oxygens (including phenoxy) is 1. The number of hydrogen-bond donors (Lipinski definition) is 1. The van der Waals surface area contributed by atoms with Gasteiger partial charge in [0.05, 0.1) is 25.5 Å². The van der Waals surface area contributed by atoms with Gasteiger partial charge in [0.25, 0.3) is 0 Å². The van der Waals surface area contributed by atoms with Crippen LogP contribution in [-0.4, -0.2) is 7.11 Å². The molecule has 0 fully saturated rings. The fraction of sp³-hybridized carbons (Fsp3) is 0.294. The van der Waals surface area contributed by atoms with E-state index in [2.05, 4.69) is 19.2 Å². The number of nitrogens with one attached hydrogen (secondary N) is 1. The highest BCUT2D eigenvalue weighted by Crippen LogP contribution is 2.31. The molecule has 3 aromatic rings. The van der Waals surface area contributed by atoms with Crippen molar-refractivity contribution >= 4 is 11.0 Å². The zero-order chi connectivity index (χ0) is 14.8. The summed E-state index contributed by atoms with van der Waals surface area (Å²) in [5, 5.41) is 4.51. The van der Waals surface area contributed by atoms with Gasteiger partial charge in [0, 0.05) is 5.39 Å². The quantitative estimate of drug-likeness (QED) is 0.752. The Morgan fingerprint density at radius 1 is 1.05 bits per heavy atom. The number of fused-ring (bicyclic) bond motifs is 1. The summed E-state index contributed by atoms with van der Waals surface area (Å²) in [6, 6.07) is 12.0. The van der Waals surface area contributed by atoms with E-state index in [9.17, 15) is 0 Å². The van der Waals surface area contributed by atoms with Gasteiger partial charge in [-0.05, 0) is 38.1 Å². The Morgan fingerprint density at radius 2 is 1.86 bits per heavy atom. The molecule has 2 heterocycles. The van der Waals surface area contributed by atoms with Crippen molar-refractivity contribution in [3.05, 3.63) is 54.2 Å². The van der Waals surface area contributed by atoms with E-state index in [4.69, 9.17) is 13.6 Å². The lowest BCUT2D eigenvalue weighted by molar-refractivity contribution is 0.367. The van der Waals surface area contributed by atoms with Gasteiger partial charge in [0.15, 0.2) is 11.3 Å². The molecule has 4 heteroatoms. The number of hydrogen-bond acceptors (Lipinski definition) is 4. The molecule has 3 rings (SSSR count). The first-order chi connectivity index (χ1) is 10.2. The van der Waals surface area contributed by atoms with Crippen molar-refractivity contribution in [3.8, 4) is 5.75 Å². The van der Waals surface area contributed by atoms with Crippen molar-refractivity contribution < 1.29 is 13.6 Å². The highest BCUT2D eigenvalue weighted by molar-refractivity contribution is 5.83. The van der Waals surface area contributed by atoms with Gasteiger partial charge in [-0.2, -0.15) is 0 Å². The molecule has 4 nitrogen and oxygen atoms in total. The predicted octanol–water partition coefficient (Wildman–Crippen LogP) is 4.45. The zero-order valence-corrected chi connectivity index (χ0v) is 12.4. The van der Waals surface area contributed by atoms with Gasteiger partial charge in [-0.25, -0.2) is 0 Å². The lowest BCUT2D eigenvalue weighted by atomic mass is 10.1. The Morgan fingerprint density at radius 3 is 2.57 bits per heavy atom. The minimum Gasteiger partial charge on any atom is -0.493 e. The fourth-order valence-corrected chi connectivity index (χ4v) is 2.51. The molecule has 0 aliphatic heterocycles. The van der Waals surface area contributed by atoms with Crippen molar-refractivity contribution in [2.45, 2.75) is 25.9 Å². The van der Waals surface area contributed by atoms with Crippen LogP contribution in [0.3, 0.4) is 0 Å². The normalized spacial score (nSPS) is 14.2. The standard InChI is InChI=1S/C17H19NO3/c1-11(14-8-5-9-20-14)18-12(2)16-10-13-6-4-7-15(19-3)17(13)21-16/h4-12,18H,1-3H3. The second-order valence-electron chi connectivity index (χ2n) is 5.15. The number of rotatable bonds is 5. The van der Waals surface area contributed by atoms with Crippen molar-refractivity contribution in [2.75, 3.05) is 7.11 Å². The number of benzene rings is 1. The van der Waals surface area contributed by atoms with Crippen LogP contribution >= 0.6 is 0 Å². The molecular weight excluding hydrogens is 266 g/mol. The molecule has 1 aromatic carbocycles. The Hall–Kier alpha value is -2.20. The maximum atomic E-state index is 5.95. The van der Waals surface area contributed by atoms with Crippen LogP contribution in [-0.2, 0) is 0 Å². The van der Waals surface area contributed by atoms with Crippen molar-refractivity contribution in [3.63, 3.8) is 0 Å². The minimum absolute atomic E-state index is 0.0715. The number of furan rings is 2. The van der Waals surface area contributed by atoms with Crippen LogP contribution in [0.4, 0.5) is 0 Å². The van der Waals surface area contributed by atoms with Gasteiger partial charge in [-0.1, -0.05) is 12.1 Å². The van der Waals surface area contributed by atoms with E-state index in [0.717, 1.165) is 28.2 Å². The molecule has 0 saturated heterocycles. The van der Waals surface area contributed by atoms with Crippen molar-refractivity contribution in [1.82, 2.24) is 5.32 Å². The van der Waals surface area contributed by atoms with Gasteiger partial charge >= 0.3 is 0 Å². The number of methoxy groups -OCH3 is 1. The summed E-state index contributed by atoms with van der Waals surface area (Å²) in [5.41, 5.74) is 0.786. The summed E-state index contributed by atoms with van der Waals surface area (Å²) in [6.45, 7) is 4.14. The topological polar surface area (TPSA) is 47.5 Å². The van der Waals surface area contributed by atoms with Crippen LogP contribution in [0, 0.1) is 0 Å². The average molecular weight is 285 g/mol. The maximum Gasteiger partial charge on any atom is 0.176 e. The molecular formula is C17H19NO3. The molecule has 0 saturated carbocycles. The van der Waals surface area contributed by atoms with Crippen LogP contribution in [0.15, 0.2) is 51.5 Å². The third-order valence-corrected chi connectivity index (χ3v) is 3.64. The lowest BCUT2D eigenvalue weighted by Crippen LogP contribution is -2.21. The fourth-order valence-electron chi connectivity index (χ4n) is 2.51. The van der Waals surface area contributed by atoms with Gasteiger partial charge in [0.2, 0.25) is 0 Å². The monoisotopic (exact) mass is 285 g/mol. The zero-order valence-electron chi connectivity index (χ0n) is 12.4. The van der Waals surface area contributed by atoms with E-state index in [-0.39, 0.29) is 12.1 Å². The van der Waals surface area contributed by atoms with Crippen LogP contribution < -0.4 is 10.1 Å². The molecule has 0 aliphatic rings. The van der Waals surface area contributed by atoms with E-state index in [1.807, 2.05) is 36.4 Å². The SMILES string of the molecule is COc1cccc2cc(C(C)NC(C)c3ccco3)oc12. The second kappa shape index (κ2) is 5.66. The molecule has 1 N–H and O–H groups in total. The first-order valence-corrected chi connectivity index (χ1v) is 7.05. The van der Waals surface area contributed by atoms with E-state index in [1.165, 1.54) is 0 Å². The molecule has 0 radical (unpaired) electrons. The van der Waals surface area contributed by atoms with Gasteiger partial charge in [-0.15, -0.1) is 0 Å². The molecule has 21 heavy (non-hydrogen) atoms. The molecule has 0 aliphatic carbocycles. The Bertz CT molecular complexity index is 715. The largest absolute Gasteiger partial charge is 0.493 e. The summed E-state index contributed by atoms with van der Waals surface area (Å²) < 4.78 is 16.7. The Balaban J connectivity index is 1.83.